The molecular formula is C20H24N4O2. The van der Waals surface area contributed by atoms with Crippen LogP contribution in [-0.2, 0) is 12.8 Å². The van der Waals surface area contributed by atoms with Crippen molar-refractivity contribution in [2.75, 3.05) is 19.6 Å². The Morgan fingerprint density at radius 3 is 2.88 bits per heavy atom. The maximum Gasteiger partial charge on any atom is 0.261 e. The number of hydrogen-bond donors (Lipinski definition) is 2. The summed E-state index contributed by atoms with van der Waals surface area (Å²) in [6.45, 7) is 2.52. The zero-order chi connectivity index (χ0) is 17.9. The van der Waals surface area contributed by atoms with Crippen molar-refractivity contribution >= 4 is 5.91 Å². The predicted molar refractivity (Wildman–Crippen MR) is 99.2 cm³/mol. The van der Waals surface area contributed by atoms with Gasteiger partial charge in [0.25, 0.3) is 11.5 Å². The Kier molecular flexibility index (Phi) is 4.84. The van der Waals surface area contributed by atoms with Gasteiger partial charge in [-0.2, -0.15) is 0 Å². The van der Waals surface area contributed by atoms with Crippen molar-refractivity contribution in [3.05, 3.63) is 63.3 Å². The van der Waals surface area contributed by atoms with E-state index in [9.17, 15) is 9.59 Å². The fourth-order valence-corrected chi connectivity index (χ4v) is 4.05. The Labute approximate surface area is 152 Å². The standard InChI is InChI=1S/C20H24N4O2/c25-19(16-11-14-5-3-7-17(14)23-20(16)26)22-13-18(24-9-1-2-10-24)15-6-4-8-21-12-15/h4,6,8,11-12,18H,1-3,5,7,9-10,13H2,(H,22,25)(H,23,26)/t18-/m1/s1. The minimum Gasteiger partial charge on any atom is -0.350 e. The summed E-state index contributed by atoms with van der Waals surface area (Å²) in [6.07, 6.45) is 8.83. The smallest absolute Gasteiger partial charge is 0.261 e. The first kappa shape index (κ1) is 17.0. The van der Waals surface area contributed by atoms with Crippen LogP contribution in [0.5, 0.6) is 0 Å². The summed E-state index contributed by atoms with van der Waals surface area (Å²) in [5, 5.41) is 2.98. The number of nitrogens with one attached hydrogen (secondary N) is 2. The molecule has 0 bridgehead atoms. The van der Waals surface area contributed by atoms with Crippen molar-refractivity contribution in [2.45, 2.75) is 38.1 Å². The van der Waals surface area contributed by atoms with Crippen molar-refractivity contribution in [3.8, 4) is 0 Å². The number of carbonyl (C=O) groups excluding carboxylic acids is 1. The average molecular weight is 352 g/mol. The molecular weight excluding hydrogens is 328 g/mol. The van der Waals surface area contributed by atoms with Gasteiger partial charge in [-0.05, 0) is 68.5 Å². The Hall–Kier alpha value is -2.47. The maximum atomic E-state index is 12.7. The molecule has 2 aromatic rings. The van der Waals surface area contributed by atoms with Gasteiger partial charge in [-0.3, -0.25) is 19.5 Å². The molecule has 1 saturated heterocycles. The monoisotopic (exact) mass is 352 g/mol. The zero-order valence-electron chi connectivity index (χ0n) is 14.8. The van der Waals surface area contributed by atoms with Gasteiger partial charge in [-0.15, -0.1) is 0 Å². The number of likely N-dealkylation sites (tertiary alicyclic amines) is 1. The molecule has 6 heteroatoms. The van der Waals surface area contributed by atoms with E-state index < -0.39 is 0 Å². The van der Waals surface area contributed by atoms with Crippen molar-refractivity contribution < 1.29 is 4.79 Å². The van der Waals surface area contributed by atoms with Gasteiger partial charge in [0.05, 0.1) is 6.04 Å². The van der Waals surface area contributed by atoms with Crippen LogP contribution >= 0.6 is 0 Å². The van der Waals surface area contributed by atoms with Gasteiger partial charge in [-0.1, -0.05) is 6.07 Å². The third-order valence-electron chi connectivity index (χ3n) is 5.44. The lowest BCUT2D eigenvalue weighted by atomic mass is 10.1. The van der Waals surface area contributed by atoms with Gasteiger partial charge < -0.3 is 10.3 Å². The van der Waals surface area contributed by atoms with Crippen molar-refractivity contribution in [1.82, 2.24) is 20.2 Å². The molecule has 26 heavy (non-hydrogen) atoms. The SMILES string of the molecule is O=C(NC[C@H](c1cccnc1)N1CCCC1)c1cc2c([nH]c1=O)CCC2. The number of pyridine rings is 2. The van der Waals surface area contributed by atoms with E-state index in [0.717, 1.165) is 49.2 Å². The molecule has 0 radical (unpaired) electrons. The van der Waals surface area contributed by atoms with Crippen LogP contribution in [0.1, 0.15) is 52.5 Å². The van der Waals surface area contributed by atoms with E-state index in [2.05, 4.69) is 20.2 Å². The topological polar surface area (TPSA) is 78.1 Å². The van der Waals surface area contributed by atoms with Gasteiger partial charge >= 0.3 is 0 Å². The minimum absolute atomic E-state index is 0.0867. The molecule has 2 aromatic heterocycles. The molecule has 2 aliphatic rings. The molecule has 3 heterocycles. The predicted octanol–water partition coefficient (Wildman–Crippen LogP) is 1.83. The fraction of sp³-hybridized carbons (Fsp3) is 0.450. The number of H-pyrrole nitrogens is 1. The highest BCUT2D eigenvalue weighted by atomic mass is 16.2. The zero-order valence-corrected chi connectivity index (χ0v) is 14.8. The van der Waals surface area contributed by atoms with Crippen LogP contribution in [0.4, 0.5) is 0 Å². The Balaban J connectivity index is 1.51. The average Bonchev–Trinajstić information content (AvgIpc) is 3.33. The molecule has 1 fully saturated rings. The normalized spacial score (nSPS) is 17.8. The van der Waals surface area contributed by atoms with Gasteiger partial charge in [0.2, 0.25) is 0 Å². The number of amides is 1. The summed E-state index contributed by atoms with van der Waals surface area (Å²) in [6, 6.07) is 5.82. The van der Waals surface area contributed by atoms with Crippen molar-refractivity contribution in [2.24, 2.45) is 0 Å². The molecule has 136 valence electrons. The van der Waals surface area contributed by atoms with Crippen LogP contribution in [0, 0.1) is 0 Å². The van der Waals surface area contributed by atoms with E-state index in [4.69, 9.17) is 0 Å². The molecule has 0 spiro atoms. The molecule has 1 atom stereocenters. The van der Waals surface area contributed by atoms with Crippen molar-refractivity contribution in [1.29, 1.82) is 0 Å². The van der Waals surface area contributed by atoms with Crippen LogP contribution in [0.3, 0.4) is 0 Å². The van der Waals surface area contributed by atoms with Gasteiger partial charge in [0.1, 0.15) is 5.56 Å². The summed E-state index contributed by atoms with van der Waals surface area (Å²) in [5.41, 5.74) is 3.10. The maximum absolute atomic E-state index is 12.7. The summed E-state index contributed by atoms with van der Waals surface area (Å²) >= 11 is 0. The molecule has 0 unspecified atom stereocenters. The van der Waals surface area contributed by atoms with E-state index in [0.29, 0.717) is 6.54 Å². The van der Waals surface area contributed by atoms with Crippen LogP contribution in [0.2, 0.25) is 0 Å². The number of rotatable bonds is 5. The number of fused-ring (bicyclic) bond motifs is 1. The van der Waals surface area contributed by atoms with E-state index in [-0.39, 0.29) is 23.1 Å². The highest BCUT2D eigenvalue weighted by Crippen LogP contribution is 2.24. The van der Waals surface area contributed by atoms with E-state index in [1.54, 1.807) is 12.3 Å². The van der Waals surface area contributed by atoms with E-state index in [1.165, 1.54) is 12.8 Å². The molecule has 0 aromatic carbocycles. The summed E-state index contributed by atoms with van der Waals surface area (Å²) in [4.78, 5) is 34.4. The second-order valence-corrected chi connectivity index (χ2v) is 7.12. The summed E-state index contributed by atoms with van der Waals surface area (Å²) < 4.78 is 0. The molecule has 2 N–H and O–H groups in total. The Bertz CT molecular complexity index is 841. The number of hydrogen-bond acceptors (Lipinski definition) is 4. The largest absolute Gasteiger partial charge is 0.350 e. The van der Waals surface area contributed by atoms with E-state index in [1.807, 2.05) is 18.3 Å². The van der Waals surface area contributed by atoms with Crippen LogP contribution in [0.15, 0.2) is 35.4 Å². The quantitative estimate of drug-likeness (QED) is 0.860. The first-order chi connectivity index (χ1) is 12.7. The lowest BCUT2D eigenvalue weighted by molar-refractivity contribution is 0.0936. The summed E-state index contributed by atoms with van der Waals surface area (Å²) in [5.74, 6) is -0.297. The molecule has 1 amide bonds. The van der Waals surface area contributed by atoms with E-state index >= 15 is 0 Å². The third kappa shape index (κ3) is 3.42. The highest BCUT2D eigenvalue weighted by molar-refractivity contribution is 5.94. The molecule has 0 saturated carbocycles. The van der Waals surface area contributed by atoms with Gasteiger partial charge in [0.15, 0.2) is 0 Å². The Morgan fingerprint density at radius 2 is 2.12 bits per heavy atom. The third-order valence-corrected chi connectivity index (χ3v) is 5.44. The number of nitrogens with zero attached hydrogens (tertiary/aromatic N) is 2. The van der Waals surface area contributed by atoms with Crippen molar-refractivity contribution in [3.63, 3.8) is 0 Å². The second kappa shape index (κ2) is 7.41. The lowest BCUT2D eigenvalue weighted by Crippen LogP contribution is -2.38. The number of carbonyl (C=O) groups is 1. The first-order valence-electron chi connectivity index (χ1n) is 9.39. The fourth-order valence-electron chi connectivity index (χ4n) is 4.05. The first-order valence-corrected chi connectivity index (χ1v) is 9.39. The minimum atomic E-state index is -0.297. The molecule has 1 aliphatic carbocycles. The number of aromatic amines is 1. The lowest BCUT2D eigenvalue weighted by Gasteiger charge is -2.27. The molecule has 6 nitrogen and oxygen atoms in total. The molecule has 4 rings (SSSR count). The summed E-state index contributed by atoms with van der Waals surface area (Å²) in [7, 11) is 0. The second-order valence-electron chi connectivity index (χ2n) is 7.12. The van der Waals surface area contributed by atoms with Crippen LogP contribution in [-0.4, -0.2) is 40.4 Å². The van der Waals surface area contributed by atoms with Gasteiger partial charge in [0, 0.05) is 24.6 Å². The number of aryl methyl sites for hydroxylation is 2. The highest BCUT2D eigenvalue weighted by Gasteiger charge is 2.25. The van der Waals surface area contributed by atoms with Crippen LogP contribution < -0.4 is 10.9 Å². The number of aromatic nitrogens is 2. The Morgan fingerprint density at radius 1 is 1.27 bits per heavy atom. The van der Waals surface area contributed by atoms with Gasteiger partial charge in [-0.25, -0.2) is 0 Å². The molecule has 1 aliphatic heterocycles. The van der Waals surface area contributed by atoms with Crippen LogP contribution in [0.25, 0.3) is 0 Å².